The van der Waals surface area contributed by atoms with Crippen LogP contribution in [0.1, 0.15) is 5.56 Å². The fraction of sp³-hybridized carbons (Fsp3) is 0.280. The average molecular weight is 477 g/mol. The molecule has 2 N–H and O–H groups in total. The predicted molar refractivity (Wildman–Crippen MR) is 136 cm³/mol. The fourth-order valence-electron chi connectivity index (χ4n) is 3.59. The monoisotopic (exact) mass is 476 g/mol. The summed E-state index contributed by atoms with van der Waals surface area (Å²) >= 11 is 1.47. The molecule has 2 aromatic carbocycles. The normalized spacial score (nSPS) is 11.0. The highest BCUT2D eigenvalue weighted by molar-refractivity contribution is 7.98. The highest BCUT2D eigenvalue weighted by Gasteiger charge is 2.13. The van der Waals surface area contributed by atoms with Gasteiger partial charge in [-0.2, -0.15) is 5.10 Å². The molecule has 0 aliphatic carbocycles. The summed E-state index contributed by atoms with van der Waals surface area (Å²) in [6, 6.07) is 18.3. The lowest BCUT2D eigenvalue weighted by Gasteiger charge is -2.09. The van der Waals surface area contributed by atoms with Gasteiger partial charge in [0.2, 0.25) is 5.91 Å². The number of carbonyl (C=O) groups is 1. The van der Waals surface area contributed by atoms with Crippen molar-refractivity contribution in [1.82, 2.24) is 25.1 Å². The topological polar surface area (TPSA) is 94.0 Å². The molecule has 0 saturated carbocycles. The lowest BCUT2D eigenvalue weighted by molar-refractivity contribution is -0.120. The molecule has 2 aromatic heterocycles. The van der Waals surface area contributed by atoms with E-state index in [0.717, 1.165) is 33.5 Å². The van der Waals surface area contributed by atoms with Gasteiger partial charge in [-0.1, -0.05) is 66.4 Å². The molecule has 0 saturated heterocycles. The van der Waals surface area contributed by atoms with E-state index in [9.17, 15) is 4.79 Å². The highest BCUT2D eigenvalue weighted by Crippen LogP contribution is 2.23. The number of ether oxygens (including phenoxy) is 1. The van der Waals surface area contributed by atoms with Gasteiger partial charge in [0.05, 0.1) is 31.2 Å². The van der Waals surface area contributed by atoms with Crippen molar-refractivity contribution in [2.24, 2.45) is 0 Å². The minimum Gasteiger partial charge on any atom is -0.383 e. The van der Waals surface area contributed by atoms with E-state index in [2.05, 4.69) is 50.0 Å². The SMILES string of the molecule is COCCNc1nc(SC)nc2c1cnn2CCNC(=O)Cc1ccc(-c2ccccc2)cc1. The predicted octanol–water partition coefficient (Wildman–Crippen LogP) is 3.63. The number of thioether (sulfide) groups is 1. The lowest BCUT2D eigenvalue weighted by Crippen LogP contribution is -2.28. The van der Waals surface area contributed by atoms with Gasteiger partial charge in [-0.3, -0.25) is 4.79 Å². The molecule has 0 bridgehead atoms. The molecular weight excluding hydrogens is 448 g/mol. The first-order chi connectivity index (χ1) is 16.7. The average Bonchev–Trinajstić information content (AvgIpc) is 3.28. The fourth-order valence-corrected chi connectivity index (χ4v) is 3.95. The van der Waals surface area contributed by atoms with Gasteiger partial charge in [0, 0.05) is 20.2 Å². The molecule has 0 aliphatic rings. The zero-order valence-electron chi connectivity index (χ0n) is 19.3. The van der Waals surface area contributed by atoms with E-state index in [-0.39, 0.29) is 5.91 Å². The summed E-state index contributed by atoms with van der Waals surface area (Å²) in [6.45, 7) is 2.20. The summed E-state index contributed by atoms with van der Waals surface area (Å²) < 4.78 is 6.91. The Hall–Kier alpha value is -3.43. The maximum atomic E-state index is 12.5. The minimum atomic E-state index is -0.0229. The maximum Gasteiger partial charge on any atom is 0.224 e. The third-order valence-electron chi connectivity index (χ3n) is 5.33. The lowest BCUT2D eigenvalue weighted by atomic mass is 10.0. The van der Waals surface area contributed by atoms with Crippen molar-refractivity contribution in [3.63, 3.8) is 0 Å². The third kappa shape index (κ3) is 5.92. The van der Waals surface area contributed by atoms with Crippen molar-refractivity contribution >= 4 is 34.5 Å². The molecule has 2 heterocycles. The smallest absolute Gasteiger partial charge is 0.224 e. The Morgan fingerprint density at radius 3 is 2.53 bits per heavy atom. The van der Waals surface area contributed by atoms with Gasteiger partial charge >= 0.3 is 0 Å². The first kappa shape index (κ1) is 23.7. The molecule has 176 valence electrons. The molecule has 0 unspecified atom stereocenters. The van der Waals surface area contributed by atoms with Crippen molar-refractivity contribution in [3.8, 4) is 11.1 Å². The van der Waals surface area contributed by atoms with Crippen LogP contribution >= 0.6 is 11.8 Å². The maximum absolute atomic E-state index is 12.5. The molecule has 0 spiro atoms. The first-order valence-corrected chi connectivity index (χ1v) is 12.3. The standard InChI is InChI=1S/C25H28N6O2S/c1-33-15-13-27-23-21-17-28-31(24(21)30-25(29-23)34-2)14-12-26-22(32)16-18-8-10-20(11-9-18)19-6-4-3-5-7-19/h3-11,17H,12-16H2,1-2H3,(H,26,32)(H,27,29,30). The second-order valence-electron chi connectivity index (χ2n) is 7.67. The van der Waals surface area contributed by atoms with Gasteiger partial charge in [-0.25, -0.2) is 14.6 Å². The summed E-state index contributed by atoms with van der Waals surface area (Å²) in [4.78, 5) is 21.6. The summed E-state index contributed by atoms with van der Waals surface area (Å²) in [5.74, 6) is 0.714. The highest BCUT2D eigenvalue weighted by atomic mass is 32.2. The number of rotatable bonds is 11. The van der Waals surface area contributed by atoms with Crippen LogP contribution in [-0.2, 0) is 22.5 Å². The number of aromatic nitrogens is 4. The van der Waals surface area contributed by atoms with Crippen LogP contribution in [0.25, 0.3) is 22.2 Å². The second-order valence-corrected chi connectivity index (χ2v) is 8.45. The van der Waals surface area contributed by atoms with Crippen LogP contribution in [0.5, 0.6) is 0 Å². The van der Waals surface area contributed by atoms with Crippen LogP contribution in [0.4, 0.5) is 5.82 Å². The Labute approximate surface area is 203 Å². The molecule has 8 nitrogen and oxygen atoms in total. The Kier molecular flexibility index (Phi) is 8.11. The van der Waals surface area contributed by atoms with Crippen LogP contribution in [-0.4, -0.2) is 58.7 Å². The number of methoxy groups -OCH3 is 1. The molecule has 0 fully saturated rings. The molecule has 9 heteroatoms. The van der Waals surface area contributed by atoms with Crippen molar-refractivity contribution < 1.29 is 9.53 Å². The van der Waals surface area contributed by atoms with Crippen molar-refractivity contribution in [2.45, 2.75) is 18.1 Å². The van der Waals surface area contributed by atoms with Crippen molar-refractivity contribution in [3.05, 3.63) is 66.4 Å². The number of fused-ring (bicyclic) bond motifs is 1. The van der Waals surface area contributed by atoms with E-state index >= 15 is 0 Å². The van der Waals surface area contributed by atoms with Crippen LogP contribution in [0.3, 0.4) is 0 Å². The van der Waals surface area contributed by atoms with Gasteiger partial charge in [0.1, 0.15) is 5.82 Å². The zero-order valence-corrected chi connectivity index (χ0v) is 20.1. The third-order valence-corrected chi connectivity index (χ3v) is 5.88. The summed E-state index contributed by atoms with van der Waals surface area (Å²) in [6.07, 6.45) is 4.03. The molecule has 0 atom stereocenters. The quantitative estimate of drug-likeness (QED) is 0.194. The molecule has 1 amide bonds. The molecular formula is C25H28N6O2S. The Morgan fingerprint density at radius 1 is 1.03 bits per heavy atom. The van der Waals surface area contributed by atoms with E-state index < -0.39 is 0 Å². The number of nitrogens with zero attached hydrogens (tertiary/aromatic N) is 4. The van der Waals surface area contributed by atoms with E-state index in [0.29, 0.717) is 37.8 Å². The van der Waals surface area contributed by atoms with Gasteiger partial charge in [0.15, 0.2) is 10.8 Å². The van der Waals surface area contributed by atoms with E-state index in [1.165, 1.54) is 11.8 Å². The zero-order chi connectivity index (χ0) is 23.8. The van der Waals surface area contributed by atoms with E-state index in [1.807, 2.05) is 36.6 Å². The van der Waals surface area contributed by atoms with E-state index in [4.69, 9.17) is 4.74 Å². The summed E-state index contributed by atoms with van der Waals surface area (Å²) in [7, 11) is 1.66. The van der Waals surface area contributed by atoms with E-state index in [1.54, 1.807) is 18.0 Å². The van der Waals surface area contributed by atoms with Crippen LogP contribution in [0.15, 0.2) is 66.0 Å². The molecule has 0 radical (unpaired) electrons. The Morgan fingerprint density at radius 2 is 1.79 bits per heavy atom. The van der Waals surface area contributed by atoms with Gasteiger partial charge < -0.3 is 15.4 Å². The molecule has 4 aromatic rings. The number of anilines is 1. The number of amides is 1. The van der Waals surface area contributed by atoms with Crippen molar-refractivity contribution in [1.29, 1.82) is 0 Å². The van der Waals surface area contributed by atoms with Crippen molar-refractivity contribution in [2.75, 3.05) is 38.4 Å². The minimum absolute atomic E-state index is 0.0229. The van der Waals surface area contributed by atoms with Crippen LogP contribution in [0.2, 0.25) is 0 Å². The van der Waals surface area contributed by atoms with Gasteiger partial charge in [0.25, 0.3) is 0 Å². The van der Waals surface area contributed by atoms with Gasteiger partial charge in [-0.15, -0.1) is 0 Å². The number of benzene rings is 2. The number of hydrogen-bond donors (Lipinski definition) is 2. The largest absolute Gasteiger partial charge is 0.383 e. The summed E-state index contributed by atoms with van der Waals surface area (Å²) in [5, 5.41) is 12.2. The first-order valence-electron chi connectivity index (χ1n) is 11.1. The molecule has 4 rings (SSSR count). The van der Waals surface area contributed by atoms with Gasteiger partial charge in [-0.05, 0) is 22.9 Å². The number of hydrogen-bond acceptors (Lipinski definition) is 7. The number of nitrogens with one attached hydrogen (secondary N) is 2. The molecule has 0 aliphatic heterocycles. The van der Waals surface area contributed by atoms with Crippen LogP contribution in [0, 0.1) is 0 Å². The summed E-state index contributed by atoms with van der Waals surface area (Å²) in [5.41, 5.74) is 4.02. The molecule has 34 heavy (non-hydrogen) atoms. The Balaban J connectivity index is 1.34. The second kappa shape index (κ2) is 11.6. The number of carbonyl (C=O) groups excluding carboxylic acids is 1. The Bertz CT molecular complexity index is 1230. The van der Waals surface area contributed by atoms with Crippen LogP contribution < -0.4 is 10.6 Å².